The number of methoxy groups -OCH3 is 1. The molecule has 0 amide bonds. The Morgan fingerprint density at radius 2 is 2.12 bits per heavy atom. The molecule has 0 aliphatic carbocycles. The number of thiophene rings is 1. The highest BCUT2D eigenvalue weighted by Crippen LogP contribution is 2.30. The highest BCUT2D eigenvalue weighted by atomic mass is 32.1. The third kappa shape index (κ3) is 2.68. The Labute approximate surface area is 106 Å². The average molecular weight is 247 g/mol. The fourth-order valence-electron chi connectivity index (χ4n) is 1.90. The van der Waals surface area contributed by atoms with Gasteiger partial charge in [0.05, 0.1) is 7.11 Å². The molecule has 0 saturated heterocycles. The summed E-state index contributed by atoms with van der Waals surface area (Å²) in [4.78, 5) is 1.34. The van der Waals surface area contributed by atoms with Crippen LogP contribution >= 0.6 is 11.3 Å². The van der Waals surface area contributed by atoms with Crippen LogP contribution in [0.15, 0.2) is 29.6 Å². The Morgan fingerprint density at radius 3 is 2.71 bits per heavy atom. The van der Waals surface area contributed by atoms with E-state index in [-0.39, 0.29) is 0 Å². The fourth-order valence-corrected chi connectivity index (χ4v) is 2.60. The largest absolute Gasteiger partial charge is 0.497 e. The van der Waals surface area contributed by atoms with E-state index in [9.17, 15) is 0 Å². The minimum atomic E-state index is 0.849. The molecule has 1 N–H and O–H groups in total. The monoisotopic (exact) mass is 247 g/mol. The summed E-state index contributed by atoms with van der Waals surface area (Å²) in [6.45, 7) is 2.98. The van der Waals surface area contributed by atoms with Crippen LogP contribution in [-0.2, 0) is 6.54 Å². The lowest BCUT2D eigenvalue weighted by molar-refractivity contribution is 0.414. The summed E-state index contributed by atoms with van der Waals surface area (Å²) in [5.41, 5.74) is 3.84. The second kappa shape index (κ2) is 5.34. The molecule has 1 aromatic heterocycles. The molecule has 0 unspecified atom stereocenters. The maximum atomic E-state index is 5.27. The molecule has 0 fully saturated rings. The van der Waals surface area contributed by atoms with Gasteiger partial charge in [-0.2, -0.15) is 0 Å². The first-order chi connectivity index (χ1) is 8.24. The maximum absolute atomic E-state index is 5.27. The van der Waals surface area contributed by atoms with Gasteiger partial charge in [-0.1, -0.05) is 6.07 Å². The van der Waals surface area contributed by atoms with Gasteiger partial charge >= 0.3 is 0 Å². The molecule has 3 heteroatoms. The van der Waals surface area contributed by atoms with Crippen molar-refractivity contribution in [2.24, 2.45) is 0 Å². The number of rotatable bonds is 4. The molecular weight excluding hydrogens is 230 g/mol. The summed E-state index contributed by atoms with van der Waals surface area (Å²) in [7, 11) is 3.66. The number of aryl methyl sites for hydroxylation is 1. The molecule has 0 radical (unpaired) electrons. The molecule has 1 aromatic carbocycles. The van der Waals surface area contributed by atoms with Gasteiger partial charge in [-0.15, -0.1) is 11.3 Å². The summed E-state index contributed by atoms with van der Waals surface area (Å²) in [6.07, 6.45) is 0. The van der Waals surface area contributed by atoms with Crippen LogP contribution in [0.5, 0.6) is 5.75 Å². The molecular formula is C14H17NOS. The molecule has 2 rings (SSSR count). The fraction of sp³-hybridized carbons (Fsp3) is 0.286. The Morgan fingerprint density at radius 1 is 1.29 bits per heavy atom. The topological polar surface area (TPSA) is 21.3 Å². The van der Waals surface area contributed by atoms with Crippen molar-refractivity contribution in [3.8, 4) is 16.9 Å². The van der Waals surface area contributed by atoms with E-state index in [1.54, 1.807) is 18.4 Å². The molecule has 90 valence electrons. The minimum absolute atomic E-state index is 0.849. The van der Waals surface area contributed by atoms with Crippen molar-refractivity contribution in [2.45, 2.75) is 13.5 Å². The number of ether oxygens (including phenoxy) is 1. The van der Waals surface area contributed by atoms with Crippen molar-refractivity contribution in [1.82, 2.24) is 5.32 Å². The van der Waals surface area contributed by atoms with Crippen LogP contribution in [0.1, 0.15) is 10.4 Å². The van der Waals surface area contributed by atoms with E-state index < -0.39 is 0 Å². The number of benzene rings is 1. The van der Waals surface area contributed by atoms with Crippen LogP contribution in [-0.4, -0.2) is 14.2 Å². The third-order valence-corrected chi connectivity index (χ3v) is 3.58. The predicted octanol–water partition coefficient (Wildman–Crippen LogP) is 3.45. The van der Waals surface area contributed by atoms with Gasteiger partial charge in [0.15, 0.2) is 0 Å². The smallest absolute Gasteiger partial charge is 0.119 e. The first-order valence-electron chi connectivity index (χ1n) is 5.61. The van der Waals surface area contributed by atoms with E-state index in [0.29, 0.717) is 0 Å². The highest BCUT2D eigenvalue weighted by molar-refractivity contribution is 7.10. The zero-order valence-corrected chi connectivity index (χ0v) is 11.2. The Balaban J connectivity index is 2.45. The Bertz CT molecular complexity index is 505. The van der Waals surface area contributed by atoms with Crippen molar-refractivity contribution in [3.63, 3.8) is 0 Å². The van der Waals surface area contributed by atoms with Crippen LogP contribution in [0.4, 0.5) is 0 Å². The van der Waals surface area contributed by atoms with Crippen molar-refractivity contribution < 1.29 is 4.74 Å². The predicted molar refractivity (Wildman–Crippen MR) is 73.8 cm³/mol. The van der Waals surface area contributed by atoms with Crippen molar-refractivity contribution >= 4 is 11.3 Å². The molecule has 0 saturated carbocycles. The second-order valence-corrected chi connectivity index (χ2v) is 5.11. The van der Waals surface area contributed by atoms with E-state index in [4.69, 9.17) is 4.74 Å². The zero-order chi connectivity index (χ0) is 12.3. The summed E-state index contributed by atoms with van der Waals surface area (Å²) >= 11 is 1.78. The van der Waals surface area contributed by atoms with E-state index >= 15 is 0 Å². The molecule has 0 aliphatic rings. The Hall–Kier alpha value is -1.32. The molecule has 2 nitrogen and oxygen atoms in total. The van der Waals surface area contributed by atoms with E-state index in [1.165, 1.54) is 21.6 Å². The summed E-state index contributed by atoms with van der Waals surface area (Å²) in [5, 5.41) is 5.40. The lowest BCUT2D eigenvalue weighted by atomic mass is 10.0. The molecule has 1 heterocycles. The average Bonchev–Trinajstić information content (AvgIpc) is 2.76. The van der Waals surface area contributed by atoms with Crippen LogP contribution in [0.2, 0.25) is 0 Å². The summed E-state index contributed by atoms with van der Waals surface area (Å²) in [5.74, 6) is 0.908. The number of hydrogen-bond acceptors (Lipinski definition) is 3. The number of nitrogens with one attached hydrogen (secondary N) is 1. The van der Waals surface area contributed by atoms with Crippen molar-refractivity contribution in [1.29, 1.82) is 0 Å². The summed E-state index contributed by atoms with van der Waals surface area (Å²) < 4.78 is 5.27. The van der Waals surface area contributed by atoms with Crippen LogP contribution in [0.3, 0.4) is 0 Å². The minimum Gasteiger partial charge on any atom is -0.497 e. The highest BCUT2D eigenvalue weighted by Gasteiger charge is 2.07. The molecule has 2 aromatic rings. The molecule has 0 aliphatic heterocycles. The van der Waals surface area contributed by atoms with Gasteiger partial charge in [-0.3, -0.25) is 0 Å². The summed E-state index contributed by atoms with van der Waals surface area (Å²) in [6, 6.07) is 8.47. The Kier molecular flexibility index (Phi) is 3.82. The van der Waals surface area contributed by atoms with Gasteiger partial charge in [0.25, 0.3) is 0 Å². The van der Waals surface area contributed by atoms with Gasteiger partial charge in [0.1, 0.15) is 5.75 Å². The van der Waals surface area contributed by atoms with Crippen LogP contribution < -0.4 is 10.1 Å². The molecule has 0 spiro atoms. The molecule has 0 bridgehead atoms. The van der Waals surface area contributed by atoms with Gasteiger partial charge in [0, 0.05) is 11.4 Å². The van der Waals surface area contributed by atoms with Gasteiger partial charge in [0.2, 0.25) is 0 Å². The second-order valence-electron chi connectivity index (χ2n) is 4.00. The number of hydrogen-bond donors (Lipinski definition) is 1. The van der Waals surface area contributed by atoms with E-state index in [2.05, 4.69) is 35.8 Å². The quantitative estimate of drug-likeness (QED) is 0.893. The zero-order valence-electron chi connectivity index (χ0n) is 10.4. The van der Waals surface area contributed by atoms with Gasteiger partial charge < -0.3 is 10.1 Å². The van der Waals surface area contributed by atoms with Crippen molar-refractivity contribution in [3.05, 3.63) is 40.1 Å². The van der Waals surface area contributed by atoms with Gasteiger partial charge in [-0.25, -0.2) is 0 Å². The normalized spacial score (nSPS) is 10.5. The van der Waals surface area contributed by atoms with E-state index in [0.717, 1.165) is 12.3 Å². The lowest BCUT2D eigenvalue weighted by Gasteiger charge is -2.10. The van der Waals surface area contributed by atoms with E-state index in [1.807, 2.05) is 13.1 Å². The van der Waals surface area contributed by atoms with Crippen LogP contribution in [0.25, 0.3) is 11.1 Å². The maximum Gasteiger partial charge on any atom is 0.119 e. The standard InChI is InChI=1S/C14H17NOS/c1-10-6-12(9-17-10)14-5-4-13(16-3)7-11(14)8-15-2/h4-7,9,15H,8H2,1-3H3. The molecule has 17 heavy (non-hydrogen) atoms. The first-order valence-corrected chi connectivity index (χ1v) is 6.49. The van der Waals surface area contributed by atoms with Crippen LogP contribution in [0, 0.1) is 6.92 Å². The third-order valence-electron chi connectivity index (χ3n) is 2.72. The molecule has 0 atom stereocenters. The SMILES string of the molecule is CNCc1cc(OC)ccc1-c1csc(C)c1. The first kappa shape index (κ1) is 12.1. The van der Waals surface area contributed by atoms with Gasteiger partial charge in [-0.05, 0) is 54.2 Å². The van der Waals surface area contributed by atoms with Crippen molar-refractivity contribution in [2.75, 3.05) is 14.2 Å². The lowest BCUT2D eigenvalue weighted by Crippen LogP contribution is -2.06.